The maximum atomic E-state index is 4.72. The van der Waals surface area contributed by atoms with Crippen molar-refractivity contribution in [3.05, 3.63) is 102 Å². The first-order chi connectivity index (χ1) is 18.0. The molecule has 4 aromatic carbocycles. The molecule has 0 spiro atoms. The molecule has 7 aromatic rings. The summed E-state index contributed by atoms with van der Waals surface area (Å²) in [6.07, 6.45) is 3.61. The van der Waals surface area contributed by atoms with Gasteiger partial charge in [0, 0.05) is 32.9 Å². The Balaban J connectivity index is 1.63. The molecule has 0 aliphatic carbocycles. The summed E-state index contributed by atoms with van der Waals surface area (Å²) in [6, 6.07) is 24.9. The molecule has 0 radical (unpaired) electrons. The topological polar surface area (TPSA) is 35.6 Å². The molecule has 1 aliphatic rings. The maximum Gasteiger partial charge on any atom is 0.332 e. The summed E-state index contributed by atoms with van der Waals surface area (Å²) in [5.41, 5.74) is 14.9. The van der Waals surface area contributed by atoms with E-state index in [1.165, 1.54) is 71.6 Å². The van der Waals surface area contributed by atoms with Crippen molar-refractivity contribution in [3.63, 3.8) is 0 Å². The van der Waals surface area contributed by atoms with Crippen LogP contribution in [-0.4, -0.2) is 25.9 Å². The van der Waals surface area contributed by atoms with Crippen LogP contribution in [0.25, 0.3) is 49.4 Å². The minimum absolute atomic E-state index is 0.0347. The summed E-state index contributed by atoms with van der Waals surface area (Å²) in [5, 5.41) is 3.84. The van der Waals surface area contributed by atoms with Gasteiger partial charge in [0.15, 0.2) is 0 Å². The molecule has 0 fully saturated rings. The van der Waals surface area contributed by atoms with Gasteiger partial charge in [0.1, 0.15) is 6.33 Å². The fourth-order valence-corrected chi connectivity index (χ4v) is 6.99. The first-order valence-corrected chi connectivity index (χ1v) is 12.9. The summed E-state index contributed by atoms with van der Waals surface area (Å²) in [7, 11) is 0. The Morgan fingerprint density at radius 3 is 2.08 bits per heavy atom. The first-order valence-electron chi connectivity index (χ1n) is 12.9. The predicted molar refractivity (Wildman–Crippen MR) is 155 cm³/mol. The van der Waals surface area contributed by atoms with Crippen LogP contribution in [0.4, 0.5) is 0 Å². The average Bonchev–Trinajstić information content (AvgIpc) is 3.39. The standard InChI is InChI=1S/C32H25BN4/c1-18-12-20(3)30-23(14-18)24-15-19(2)13-21(4)31(24)37(30)33-25-9-5-6-11-27(25)36-28-16-34-17-35-29(28)22-8-7-10-26(33)32(22)36/h5-17H,1-4H3. The van der Waals surface area contributed by atoms with Crippen molar-refractivity contribution in [2.75, 3.05) is 0 Å². The van der Waals surface area contributed by atoms with Crippen LogP contribution in [0, 0.1) is 27.7 Å². The molecule has 0 saturated heterocycles. The van der Waals surface area contributed by atoms with Gasteiger partial charge < -0.3 is 9.05 Å². The lowest BCUT2D eigenvalue weighted by Crippen LogP contribution is -2.53. The first kappa shape index (κ1) is 20.8. The summed E-state index contributed by atoms with van der Waals surface area (Å²) in [5.74, 6) is 0. The Morgan fingerprint density at radius 1 is 0.676 bits per heavy atom. The van der Waals surface area contributed by atoms with Gasteiger partial charge in [-0.05, 0) is 67.9 Å². The number of rotatable bonds is 1. The fraction of sp³-hybridized carbons (Fsp3) is 0.125. The highest BCUT2D eigenvalue weighted by Crippen LogP contribution is 2.37. The van der Waals surface area contributed by atoms with E-state index in [0.717, 1.165) is 11.0 Å². The predicted octanol–water partition coefficient (Wildman–Crippen LogP) is 5.88. The SMILES string of the molecule is Cc1cc(C)c2c(c1)c1cc(C)cc(C)c1n2B1c2ccccc2-n2c3cncnc3c3cccc1c32. The largest absolute Gasteiger partial charge is 0.375 e. The lowest BCUT2D eigenvalue weighted by atomic mass is 9.48. The van der Waals surface area contributed by atoms with E-state index in [9.17, 15) is 0 Å². The van der Waals surface area contributed by atoms with Gasteiger partial charge in [0.2, 0.25) is 0 Å². The highest BCUT2D eigenvalue weighted by atomic mass is 15.0. The molecule has 0 saturated carbocycles. The van der Waals surface area contributed by atoms with E-state index in [2.05, 4.69) is 108 Å². The third kappa shape index (κ3) is 2.58. The van der Waals surface area contributed by atoms with E-state index in [1.807, 2.05) is 6.20 Å². The van der Waals surface area contributed by atoms with Crippen molar-refractivity contribution >= 4 is 61.5 Å². The molecule has 1 aliphatic heterocycles. The number of benzene rings is 4. The van der Waals surface area contributed by atoms with E-state index in [0.29, 0.717) is 0 Å². The second kappa shape index (κ2) is 7.10. The number of fused-ring (bicyclic) bond motifs is 8. The fourth-order valence-electron chi connectivity index (χ4n) is 6.99. The van der Waals surface area contributed by atoms with Gasteiger partial charge in [-0.2, -0.15) is 0 Å². The molecule has 0 amide bonds. The molecule has 3 aromatic heterocycles. The van der Waals surface area contributed by atoms with Gasteiger partial charge in [-0.3, -0.25) is 0 Å². The second-order valence-electron chi connectivity index (χ2n) is 10.6. The normalized spacial score (nSPS) is 12.8. The molecule has 5 heteroatoms. The zero-order valence-electron chi connectivity index (χ0n) is 21.4. The van der Waals surface area contributed by atoms with Gasteiger partial charge in [0.05, 0.1) is 22.7 Å². The third-order valence-corrected chi connectivity index (χ3v) is 8.17. The average molecular weight is 476 g/mol. The number of hydrogen-bond donors (Lipinski definition) is 0. The summed E-state index contributed by atoms with van der Waals surface area (Å²) in [4.78, 5) is 9.11. The zero-order valence-corrected chi connectivity index (χ0v) is 21.4. The van der Waals surface area contributed by atoms with Gasteiger partial charge in [-0.25, -0.2) is 9.97 Å². The van der Waals surface area contributed by atoms with E-state index in [1.54, 1.807) is 6.33 Å². The van der Waals surface area contributed by atoms with Crippen LogP contribution in [0.3, 0.4) is 0 Å². The summed E-state index contributed by atoms with van der Waals surface area (Å²) in [6.45, 7) is 8.96. The van der Waals surface area contributed by atoms with Crippen molar-refractivity contribution in [3.8, 4) is 5.69 Å². The molecule has 0 unspecified atom stereocenters. The summed E-state index contributed by atoms with van der Waals surface area (Å²) < 4.78 is 4.99. The molecule has 8 rings (SSSR count). The minimum atomic E-state index is 0.0347. The van der Waals surface area contributed by atoms with Crippen LogP contribution < -0.4 is 10.9 Å². The van der Waals surface area contributed by atoms with Crippen molar-refractivity contribution in [2.45, 2.75) is 27.7 Å². The Kier molecular flexibility index (Phi) is 3.99. The maximum absolute atomic E-state index is 4.72. The molecule has 4 heterocycles. The molecule has 37 heavy (non-hydrogen) atoms. The molecule has 0 atom stereocenters. The van der Waals surface area contributed by atoms with Crippen LogP contribution in [-0.2, 0) is 0 Å². The van der Waals surface area contributed by atoms with E-state index >= 15 is 0 Å². The van der Waals surface area contributed by atoms with Crippen molar-refractivity contribution in [1.82, 2.24) is 19.0 Å². The number of aromatic nitrogens is 4. The lowest BCUT2D eigenvalue weighted by Gasteiger charge is -2.28. The molecule has 0 N–H and O–H groups in total. The van der Waals surface area contributed by atoms with Crippen molar-refractivity contribution < 1.29 is 0 Å². The highest BCUT2D eigenvalue weighted by molar-refractivity contribution is 6.88. The third-order valence-electron chi connectivity index (χ3n) is 8.17. The Labute approximate surface area is 215 Å². The molecule has 176 valence electrons. The number of para-hydroxylation sites is 2. The lowest BCUT2D eigenvalue weighted by molar-refractivity contribution is 1.14. The van der Waals surface area contributed by atoms with Gasteiger partial charge in [0.25, 0.3) is 0 Å². The molecule has 0 bridgehead atoms. The molecule has 4 nitrogen and oxygen atoms in total. The Bertz CT molecular complexity index is 2030. The van der Waals surface area contributed by atoms with Gasteiger partial charge in [-0.1, -0.05) is 59.7 Å². The minimum Gasteiger partial charge on any atom is -0.375 e. The van der Waals surface area contributed by atoms with Crippen molar-refractivity contribution in [2.24, 2.45) is 0 Å². The van der Waals surface area contributed by atoms with E-state index in [-0.39, 0.29) is 6.85 Å². The van der Waals surface area contributed by atoms with Crippen LogP contribution in [0.5, 0.6) is 0 Å². The Hall–Kier alpha value is -4.38. The molecular weight excluding hydrogens is 451 g/mol. The highest BCUT2D eigenvalue weighted by Gasteiger charge is 2.36. The van der Waals surface area contributed by atoms with Crippen LogP contribution >= 0.6 is 0 Å². The van der Waals surface area contributed by atoms with Crippen LogP contribution in [0.1, 0.15) is 22.3 Å². The van der Waals surface area contributed by atoms with Crippen LogP contribution in [0.15, 0.2) is 79.3 Å². The number of aryl methyl sites for hydroxylation is 4. The second-order valence-corrected chi connectivity index (χ2v) is 10.6. The number of hydrogen-bond acceptors (Lipinski definition) is 2. The van der Waals surface area contributed by atoms with Gasteiger partial charge in [-0.15, -0.1) is 0 Å². The van der Waals surface area contributed by atoms with Crippen molar-refractivity contribution in [1.29, 1.82) is 0 Å². The summed E-state index contributed by atoms with van der Waals surface area (Å²) >= 11 is 0. The van der Waals surface area contributed by atoms with E-state index < -0.39 is 0 Å². The Morgan fingerprint density at radius 2 is 1.35 bits per heavy atom. The van der Waals surface area contributed by atoms with Crippen LogP contribution in [0.2, 0.25) is 0 Å². The van der Waals surface area contributed by atoms with Gasteiger partial charge >= 0.3 is 6.85 Å². The van der Waals surface area contributed by atoms with E-state index in [4.69, 9.17) is 4.98 Å². The monoisotopic (exact) mass is 476 g/mol. The number of nitrogens with zero attached hydrogens (tertiary/aromatic N) is 4. The smallest absolute Gasteiger partial charge is 0.332 e. The zero-order chi connectivity index (χ0) is 25.0. The molecular formula is C32H25BN4. The quantitative estimate of drug-likeness (QED) is 0.277.